The number of carboxylic acid groups (broad SMARTS) is 1. The fourth-order valence-electron chi connectivity index (χ4n) is 3.20. The molecule has 1 aromatic heterocycles. The van der Waals surface area contributed by atoms with E-state index in [1.807, 2.05) is 42.5 Å². The topological polar surface area (TPSA) is 53.1 Å². The molecule has 0 aliphatic carbocycles. The first kappa shape index (κ1) is 13.6. The van der Waals surface area contributed by atoms with Gasteiger partial charge in [-0.25, -0.2) is 4.79 Å². The lowest BCUT2D eigenvalue weighted by molar-refractivity contribution is 0.0690. The van der Waals surface area contributed by atoms with Crippen molar-refractivity contribution in [3.05, 3.63) is 83.6 Å². The Morgan fingerprint density at radius 1 is 0.870 bits per heavy atom. The number of hydrogen-bond donors (Lipinski definition) is 2. The van der Waals surface area contributed by atoms with Crippen molar-refractivity contribution in [3.8, 4) is 0 Å². The Bertz CT molecular complexity index is 1020. The summed E-state index contributed by atoms with van der Waals surface area (Å²) < 4.78 is 0. The smallest absolute Gasteiger partial charge is 0.352 e. The van der Waals surface area contributed by atoms with E-state index in [1.54, 1.807) is 0 Å². The second kappa shape index (κ2) is 5.29. The summed E-state index contributed by atoms with van der Waals surface area (Å²) in [6, 6.07) is 22.1. The molecule has 0 unspecified atom stereocenters. The molecule has 0 saturated carbocycles. The standard InChI is InChI=1S/C20H15NO2/c22-20(23)19-17(16-10-3-4-11-18(16)21-19)12-14-8-5-7-13-6-1-2-9-15(13)14/h1-11,21H,12H2,(H,22,23). The van der Waals surface area contributed by atoms with E-state index in [4.69, 9.17) is 0 Å². The van der Waals surface area contributed by atoms with Crippen molar-refractivity contribution in [1.82, 2.24) is 4.98 Å². The maximum Gasteiger partial charge on any atom is 0.352 e. The Morgan fingerprint density at radius 2 is 1.57 bits per heavy atom. The number of benzene rings is 3. The first-order valence-corrected chi connectivity index (χ1v) is 7.53. The van der Waals surface area contributed by atoms with Crippen molar-refractivity contribution in [2.45, 2.75) is 6.42 Å². The second-order valence-electron chi connectivity index (χ2n) is 5.64. The van der Waals surface area contributed by atoms with Gasteiger partial charge in [-0.1, -0.05) is 60.7 Å². The molecule has 23 heavy (non-hydrogen) atoms. The second-order valence-corrected chi connectivity index (χ2v) is 5.64. The summed E-state index contributed by atoms with van der Waals surface area (Å²) in [5, 5.41) is 12.8. The molecule has 0 atom stereocenters. The number of para-hydroxylation sites is 1. The van der Waals surface area contributed by atoms with Gasteiger partial charge in [0.25, 0.3) is 0 Å². The van der Waals surface area contributed by atoms with Crippen LogP contribution in [0.15, 0.2) is 66.7 Å². The Balaban J connectivity index is 1.92. The first-order chi connectivity index (χ1) is 11.2. The van der Waals surface area contributed by atoms with Gasteiger partial charge in [0.15, 0.2) is 0 Å². The van der Waals surface area contributed by atoms with Crippen LogP contribution in [0.5, 0.6) is 0 Å². The van der Waals surface area contributed by atoms with E-state index in [9.17, 15) is 9.90 Å². The van der Waals surface area contributed by atoms with Crippen LogP contribution in [0.1, 0.15) is 21.6 Å². The van der Waals surface area contributed by atoms with Gasteiger partial charge in [0.1, 0.15) is 5.69 Å². The maximum atomic E-state index is 11.6. The molecule has 4 rings (SSSR count). The van der Waals surface area contributed by atoms with Crippen LogP contribution >= 0.6 is 0 Å². The van der Waals surface area contributed by atoms with Crippen LogP contribution in [0.4, 0.5) is 0 Å². The van der Waals surface area contributed by atoms with Crippen molar-refractivity contribution in [3.63, 3.8) is 0 Å². The number of aromatic nitrogens is 1. The lowest BCUT2D eigenvalue weighted by Crippen LogP contribution is -2.02. The molecule has 3 nitrogen and oxygen atoms in total. The maximum absolute atomic E-state index is 11.6. The highest BCUT2D eigenvalue weighted by Crippen LogP contribution is 2.28. The molecule has 0 aliphatic heterocycles. The van der Waals surface area contributed by atoms with E-state index in [0.29, 0.717) is 6.42 Å². The average molecular weight is 301 g/mol. The van der Waals surface area contributed by atoms with E-state index in [2.05, 4.69) is 29.2 Å². The SMILES string of the molecule is O=C(O)c1[nH]c2ccccc2c1Cc1cccc2ccccc12. The minimum Gasteiger partial charge on any atom is -0.477 e. The molecular formula is C20H15NO2. The molecule has 0 spiro atoms. The fraction of sp³-hybridized carbons (Fsp3) is 0.0500. The summed E-state index contributed by atoms with van der Waals surface area (Å²) >= 11 is 0. The minimum absolute atomic E-state index is 0.277. The van der Waals surface area contributed by atoms with Crippen LogP contribution in [-0.4, -0.2) is 16.1 Å². The molecule has 0 radical (unpaired) electrons. The molecule has 0 aliphatic rings. The fourth-order valence-corrected chi connectivity index (χ4v) is 3.20. The summed E-state index contributed by atoms with van der Waals surface area (Å²) in [5.74, 6) is -0.920. The van der Waals surface area contributed by atoms with E-state index < -0.39 is 5.97 Å². The van der Waals surface area contributed by atoms with Crippen LogP contribution in [0.2, 0.25) is 0 Å². The Labute approximate surface area is 133 Å². The molecule has 0 saturated heterocycles. The van der Waals surface area contributed by atoms with Crippen LogP contribution < -0.4 is 0 Å². The lowest BCUT2D eigenvalue weighted by atomic mass is 9.97. The molecule has 112 valence electrons. The summed E-state index contributed by atoms with van der Waals surface area (Å²) in [5.41, 5.74) is 3.11. The number of H-pyrrole nitrogens is 1. The summed E-state index contributed by atoms with van der Waals surface area (Å²) in [6.45, 7) is 0. The zero-order valence-corrected chi connectivity index (χ0v) is 12.4. The third kappa shape index (κ3) is 2.27. The first-order valence-electron chi connectivity index (χ1n) is 7.53. The van der Waals surface area contributed by atoms with Gasteiger partial charge in [-0.05, 0) is 28.0 Å². The summed E-state index contributed by atoms with van der Waals surface area (Å²) in [7, 11) is 0. The summed E-state index contributed by atoms with van der Waals surface area (Å²) in [4.78, 5) is 14.6. The van der Waals surface area contributed by atoms with Gasteiger partial charge < -0.3 is 10.1 Å². The highest BCUT2D eigenvalue weighted by Gasteiger charge is 2.17. The Morgan fingerprint density at radius 3 is 2.39 bits per heavy atom. The highest BCUT2D eigenvalue weighted by molar-refractivity contribution is 5.98. The molecule has 0 bridgehead atoms. The molecule has 4 aromatic rings. The number of aromatic amines is 1. The van der Waals surface area contributed by atoms with Gasteiger partial charge in [0.05, 0.1) is 0 Å². The lowest BCUT2D eigenvalue weighted by Gasteiger charge is -2.07. The quantitative estimate of drug-likeness (QED) is 0.580. The van der Waals surface area contributed by atoms with E-state index in [-0.39, 0.29) is 5.69 Å². The van der Waals surface area contributed by atoms with Crippen LogP contribution in [0, 0.1) is 0 Å². The number of aromatic carboxylic acids is 1. The van der Waals surface area contributed by atoms with Gasteiger partial charge in [0.2, 0.25) is 0 Å². The monoisotopic (exact) mass is 301 g/mol. The Hall–Kier alpha value is -3.07. The number of carboxylic acids is 1. The number of hydrogen-bond acceptors (Lipinski definition) is 1. The average Bonchev–Trinajstić information content (AvgIpc) is 2.94. The normalized spacial score (nSPS) is 11.1. The van der Waals surface area contributed by atoms with E-state index in [1.165, 1.54) is 5.39 Å². The van der Waals surface area contributed by atoms with Gasteiger partial charge in [-0.2, -0.15) is 0 Å². The van der Waals surface area contributed by atoms with Gasteiger partial charge in [-0.15, -0.1) is 0 Å². The molecule has 3 heteroatoms. The zero-order chi connectivity index (χ0) is 15.8. The molecule has 2 N–H and O–H groups in total. The molecule has 0 fully saturated rings. The molecule has 1 heterocycles. The largest absolute Gasteiger partial charge is 0.477 e. The zero-order valence-electron chi connectivity index (χ0n) is 12.4. The number of rotatable bonds is 3. The molecular weight excluding hydrogens is 286 g/mol. The van der Waals surface area contributed by atoms with Crippen LogP contribution in [-0.2, 0) is 6.42 Å². The number of nitrogens with one attached hydrogen (secondary N) is 1. The van der Waals surface area contributed by atoms with Gasteiger partial charge >= 0.3 is 5.97 Å². The highest BCUT2D eigenvalue weighted by atomic mass is 16.4. The third-order valence-corrected chi connectivity index (χ3v) is 4.27. The van der Waals surface area contributed by atoms with Crippen molar-refractivity contribution >= 4 is 27.6 Å². The molecule has 3 aromatic carbocycles. The van der Waals surface area contributed by atoms with Gasteiger partial charge in [0, 0.05) is 17.3 Å². The van der Waals surface area contributed by atoms with Gasteiger partial charge in [-0.3, -0.25) is 0 Å². The third-order valence-electron chi connectivity index (χ3n) is 4.27. The number of carbonyl (C=O) groups is 1. The van der Waals surface area contributed by atoms with Crippen molar-refractivity contribution in [2.75, 3.05) is 0 Å². The van der Waals surface area contributed by atoms with E-state index >= 15 is 0 Å². The number of fused-ring (bicyclic) bond motifs is 2. The molecule has 0 amide bonds. The Kier molecular flexibility index (Phi) is 3.12. The van der Waals surface area contributed by atoms with E-state index in [0.717, 1.165) is 27.4 Å². The van der Waals surface area contributed by atoms with Crippen LogP contribution in [0.3, 0.4) is 0 Å². The predicted octanol–water partition coefficient (Wildman–Crippen LogP) is 4.61. The predicted molar refractivity (Wildman–Crippen MR) is 92.0 cm³/mol. The van der Waals surface area contributed by atoms with Crippen LogP contribution in [0.25, 0.3) is 21.7 Å². The van der Waals surface area contributed by atoms with Crippen molar-refractivity contribution in [2.24, 2.45) is 0 Å². The van der Waals surface area contributed by atoms with Crippen molar-refractivity contribution in [1.29, 1.82) is 0 Å². The minimum atomic E-state index is -0.920. The van der Waals surface area contributed by atoms with Crippen molar-refractivity contribution < 1.29 is 9.90 Å². The summed E-state index contributed by atoms with van der Waals surface area (Å²) in [6.07, 6.45) is 0.590.